The zero-order valence-corrected chi connectivity index (χ0v) is 24.3. The number of ether oxygens (including phenoxy) is 1. The SMILES string of the molecule is Cc1cc(-c2cnc3c(C(=O)Oc4cnn(CC56CC7CC(CC(C7)C5)C6)c4C)cccn23)nnc1Nc1ccncn1. The molecule has 0 atom stereocenters. The van der Waals surface area contributed by atoms with Gasteiger partial charge in [0.2, 0.25) is 0 Å². The van der Waals surface area contributed by atoms with E-state index in [2.05, 4.69) is 40.2 Å². The summed E-state index contributed by atoms with van der Waals surface area (Å²) in [6, 6.07) is 7.22. The van der Waals surface area contributed by atoms with E-state index in [1.807, 2.05) is 36.6 Å². The predicted octanol–water partition coefficient (Wildman–Crippen LogP) is 5.57. The summed E-state index contributed by atoms with van der Waals surface area (Å²) in [5, 5.41) is 16.6. The lowest BCUT2D eigenvalue weighted by molar-refractivity contribution is -0.0638. The summed E-state index contributed by atoms with van der Waals surface area (Å²) >= 11 is 0. The lowest BCUT2D eigenvalue weighted by atomic mass is 9.49. The molecule has 4 aliphatic carbocycles. The number of hydrogen-bond donors (Lipinski definition) is 1. The number of imidazole rings is 1. The molecule has 43 heavy (non-hydrogen) atoms. The van der Waals surface area contributed by atoms with Gasteiger partial charge in [0.05, 0.1) is 23.8 Å². The number of nitrogens with one attached hydrogen (secondary N) is 1. The van der Waals surface area contributed by atoms with Gasteiger partial charge in [-0.2, -0.15) is 5.10 Å². The van der Waals surface area contributed by atoms with E-state index in [0.717, 1.165) is 35.6 Å². The maximum atomic E-state index is 13.5. The van der Waals surface area contributed by atoms with Crippen molar-refractivity contribution in [2.75, 3.05) is 5.32 Å². The van der Waals surface area contributed by atoms with Gasteiger partial charge in [-0.1, -0.05) is 0 Å². The van der Waals surface area contributed by atoms with Crippen molar-refractivity contribution in [3.8, 4) is 17.1 Å². The van der Waals surface area contributed by atoms with Gasteiger partial charge < -0.3 is 10.1 Å². The minimum Gasteiger partial charge on any atom is -0.419 e. The Morgan fingerprint density at radius 2 is 1.84 bits per heavy atom. The van der Waals surface area contributed by atoms with Crippen molar-refractivity contribution in [2.45, 2.75) is 58.9 Å². The van der Waals surface area contributed by atoms with Gasteiger partial charge in [0, 0.05) is 18.9 Å². The molecule has 11 nitrogen and oxygen atoms in total. The summed E-state index contributed by atoms with van der Waals surface area (Å²) in [5.41, 5.74) is 4.32. The average molecular weight is 576 g/mol. The normalized spacial score (nSPS) is 24.0. The van der Waals surface area contributed by atoms with Crippen molar-refractivity contribution in [2.24, 2.45) is 23.2 Å². The first-order chi connectivity index (χ1) is 20.9. The molecule has 9 rings (SSSR count). The molecule has 0 amide bonds. The Bertz CT molecular complexity index is 1810. The first-order valence-corrected chi connectivity index (χ1v) is 15.0. The maximum absolute atomic E-state index is 13.5. The highest BCUT2D eigenvalue weighted by atomic mass is 16.5. The van der Waals surface area contributed by atoms with Gasteiger partial charge in [-0.25, -0.2) is 19.7 Å². The molecule has 4 fully saturated rings. The van der Waals surface area contributed by atoms with Gasteiger partial charge in [0.25, 0.3) is 0 Å². The zero-order valence-electron chi connectivity index (χ0n) is 24.3. The molecule has 0 unspecified atom stereocenters. The Kier molecular flexibility index (Phi) is 6.02. The lowest BCUT2D eigenvalue weighted by Gasteiger charge is -2.56. The Balaban J connectivity index is 1.02. The summed E-state index contributed by atoms with van der Waals surface area (Å²) in [6.45, 7) is 4.85. The minimum absolute atomic E-state index is 0.343. The predicted molar refractivity (Wildman–Crippen MR) is 159 cm³/mol. The summed E-state index contributed by atoms with van der Waals surface area (Å²) in [7, 11) is 0. The van der Waals surface area contributed by atoms with Crippen LogP contribution in [0.15, 0.2) is 55.4 Å². The van der Waals surface area contributed by atoms with E-state index in [4.69, 9.17) is 4.74 Å². The van der Waals surface area contributed by atoms with Crippen LogP contribution in [0.5, 0.6) is 5.75 Å². The number of anilines is 2. The number of carbonyl (C=O) groups is 1. The van der Waals surface area contributed by atoms with Gasteiger partial charge in [0.1, 0.15) is 23.4 Å². The first kappa shape index (κ1) is 26.0. The third-order valence-corrected chi connectivity index (χ3v) is 9.74. The quantitative estimate of drug-likeness (QED) is 0.248. The fourth-order valence-corrected chi connectivity index (χ4v) is 8.22. The van der Waals surface area contributed by atoms with Gasteiger partial charge in [-0.05, 0) is 105 Å². The molecule has 0 spiro atoms. The van der Waals surface area contributed by atoms with Crippen LogP contribution in [-0.4, -0.2) is 45.3 Å². The number of pyridine rings is 1. The van der Waals surface area contributed by atoms with Crippen LogP contribution in [0.4, 0.5) is 11.6 Å². The summed E-state index contributed by atoms with van der Waals surface area (Å²) in [5.74, 6) is 3.91. The molecule has 218 valence electrons. The largest absolute Gasteiger partial charge is 0.419 e. The number of aromatic nitrogens is 8. The van der Waals surface area contributed by atoms with Gasteiger partial charge in [-0.15, -0.1) is 10.2 Å². The zero-order chi connectivity index (χ0) is 29.1. The van der Waals surface area contributed by atoms with E-state index >= 15 is 0 Å². The molecule has 5 aromatic heterocycles. The molecule has 4 saturated carbocycles. The third-order valence-electron chi connectivity index (χ3n) is 9.74. The Morgan fingerprint density at radius 1 is 1.05 bits per heavy atom. The summed E-state index contributed by atoms with van der Waals surface area (Å²) in [6.07, 6.45) is 16.5. The molecular weight excluding hydrogens is 542 g/mol. The lowest BCUT2D eigenvalue weighted by Crippen LogP contribution is -2.48. The molecule has 0 aliphatic heterocycles. The van der Waals surface area contributed by atoms with E-state index in [9.17, 15) is 4.79 Å². The van der Waals surface area contributed by atoms with Crippen molar-refractivity contribution < 1.29 is 9.53 Å². The fraction of sp³-hybridized carbons (Fsp3) is 0.406. The van der Waals surface area contributed by atoms with Crippen molar-refractivity contribution in [3.05, 3.63) is 72.2 Å². The topological polar surface area (TPSA) is 125 Å². The van der Waals surface area contributed by atoms with Gasteiger partial charge >= 0.3 is 5.97 Å². The highest BCUT2D eigenvalue weighted by Gasteiger charge is 2.51. The number of fused-ring (bicyclic) bond motifs is 1. The van der Waals surface area contributed by atoms with Gasteiger partial charge in [0.15, 0.2) is 17.2 Å². The first-order valence-electron chi connectivity index (χ1n) is 15.0. The molecule has 4 aliphatic rings. The fourth-order valence-electron chi connectivity index (χ4n) is 8.22. The molecule has 4 bridgehead atoms. The van der Waals surface area contributed by atoms with Crippen LogP contribution in [0.2, 0.25) is 0 Å². The highest BCUT2D eigenvalue weighted by molar-refractivity contribution is 5.97. The number of aryl methyl sites for hydroxylation is 1. The van der Waals surface area contributed by atoms with E-state index in [-0.39, 0.29) is 0 Å². The van der Waals surface area contributed by atoms with Crippen LogP contribution in [0.25, 0.3) is 17.0 Å². The second-order valence-electron chi connectivity index (χ2n) is 12.8. The second-order valence-corrected chi connectivity index (χ2v) is 12.8. The van der Waals surface area contributed by atoms with Crippen LogP contribution < -0.4 is 10.1 Å². The summed E-state index contributed by atoms with van der Waals surface area (Å²) < 4.78 is 9.82. The molecule has 5 aromatic rings. The van der Waals surface area contributed by atoms with Gasteiger partial charge in [-0.3, -0.25) is 9.08 Å². The minimum atomic E-state index is -0.466. The standard InChI is InChI=1S/C32H33N9O2/c1-19-8-25(38-39-29(19)37-28-5-6-33-18-35-28)26-15-34-30-24(4-3-7-40(26)30)31(42)43-27-16-36-41(20(27)2)17-32-12-21-9-22(13-32)11-23(10-21)14-32/h3-8,15-16,18,21-23H,9-14,17H2,1-2H3,(H,33,35,37,39). The Labute approximate surface area is 248 Å². The van der Waals surface area contributed by atoms with Crippen LogP contribution in [-0.2, 0) is 6.54 Å². The number of esters is 1. The Morgan fingerprint density at radius 3 is 2.56 bits per heavy atom. The third kappa shape index (κ3) is 4.63. The monoisotopic (exact) mass is 575 g/mol. The van der Waals surface area contributed by atoms with Crippen molar-refractivity contribution in [1.82, 2.24) is 39.3 Å². The number of rotatable bonds is 7. The van der Waals surface area contributed by atoms with Crippen LogP contribution in [0.1, 0.15) is 60.1 Å². The summed E-state index contributed by atoms with van der Waals surface area (Å²) in [4.78, 5) is 26.1. The van der Waals surface area contributed by atoms with E-state index in [1.54, 1.807) is 30.7 Å². The van der Waals surface area contributed by atoms with Crippen molar-refractivity contribution in [1.29, 1.82) is 0 Å². The average Bonchev–Trinajstić information content (AvgIpc) is 3.57. The van der Waals surface area contributed by atoms with E-state index in [1.165, 1.54) is 44.9 Å². The molecule has 0 aromatic carbocycles. The maximum Gasteiger partial charge on any atom is 0.347 e. The number of nitrogens with zero attached hydrogens (tertiary/aromatic N) is 8. The second kappa shape index (κ2) is 9.96. The van der Waals surface area contributed by atoms with E-state index in [0.29, 0.717) is 45.4 Å². The van der Waals surface area contributed by atoms with Crippen LogP contribution in [0, 0.1) is 37.0 Å². The smallest absolute Gasteiger partial charge is 0.347 e. The molecule has 1 N–H and O–H groups in total. The molecular formula is C32H33N9O2. The molecule has 5 heterocycles. The van der Waals surface area contributed by atoms with Crippen LogP contribution >= 0.6 is 0 Å². The Hall–Kier alpha value is -4.67. The van der Waals surface area contributed by atoms with Crippen molar-refractivity contribution >= 4 is 23.3 Å². The molecule has 11 heteroatoms. The molecule has 0 radical (unpaired) electrons. The van der Waals surface area contributed by atoms with Crippen LogP contribution in [0.3, 0.4) is 0 Å². The van der Waals surface area contributed by atoms with E-state index < -0.39 is 5.97 Å². The molecule has 0 saturated heterocycles. The van der Waals surface area contributed by atoms with Crippen molar-refractivity contribution in [3.63, 3.8) is 0 Å². The number of hydrogen-bond acceptors (Lipinski definition) is 9. The number of carbonyl (C=O) groups excluding carboxylic acids is 1. The highest BCUT2D eigenvalue weighted by Crippen LogP contribution is 2.60.